The maximum absolute atomic E-state index is 10.0. The first kappa shape index (κ1) is 11.4. The predicted molar refractivity (Wildman–Crippen MR) is 62.6 cm³/mol. The number of rotatable bonds is 4. The van der Waals surface area contributed by atoms with Crippen LogP contribution in [0.3, 0.4) is 0 Å². The Kier molecular flexibility index (Phi) is 4.02. The third-order valence-electron chi connectivity index (χ3n) is 2.38. The molecule has 0 amide bonds. The van der Waals surface area contributed by atoms with Gasteiger partial charge in [-0.15, -0.1) is 0 Å². The zero-order chi connectivity index (χ0) is 11.3. The molecule has 0 fully saturated rings. The minimum atomic E-state index is 0.241. The number of carbonyl (C=O) groups excluding carboxylic acids is 1. The van der Waals surface area contributed by atoms with Crippen LogP contribution in [0, 0.1) is 0 Å². The lowest BCUT2D eigenvalue weighted by molar-refractivity contribution is 0.561. The van der Waals surface area contributed by atoms with Crippen molar-refractivity contribution in [2.24, 2.45) is 4.99 Å². The van der Waals surface area contributed by atoms with Gasteiger partial charge in [0.05, 0.1) is 6.54 Å². The third-order valence-corrected chi connectivity index (χ3v) is 2.38. The van der Waals surface area contributed by atoms with E-state index in [1.807, 2.05) is 32.0 Å². The topological polar surface area (TPSA) is 29.4 Å². The van der Waals surface area contributed by atoms with Gasteiger partial charge in [0.15, 0.2) is 0 Å². The van der Waals surface area contributed by atoms with Crippen LogP contribution >= 0.6 is 0 Å². The second-order valence-electron chi connectivity index (χ2n) is 3.74. The highest BCUT2D eigenvalue weighted by atomic mass is 16.1. The number of aliphatic imine (C=N–C) groups is 1. The van der Waals surface area contributed by atoms with Crippen LogP contribution in [0.2, 0.25) is 0 Å². The van der Waals surface area contributed by atoms with Crippen LogP contribution in [0.15, 0.2) is 35.8 Å². The lowest BCUT2D eigenvalue weighted by Crippen LogP contribution is -1.98. The zero-order valence-corrected chi connectivity index (χ0v) is 9.16. The van der Waals surface area contributed by atoms with Crippen molar-refractivity contribution in [2.45, 2.75) is 19.8 Å². The van der Waals surface area contributed by atoms with Gasteiger partial charge in [0.2, 0.25) is 6.08 Å². The molecule has 1 aromatic carbocycles. The van der Waals surface area contributed by atoms with Crippen molar-refractivity contribution in [1.82, 2.24) is 0 Å². The van der Waals surface area contributed by atoms with Gasteiger partial charge in [0.1, 0.15) is 0 Å². The molecule has 0 N–H and O–H groups in total. The van der Waals surface area contributed by atoms with Gasteiger partial charge in [-0.1, -0.05) is 43.3 Å². The van der Waals surface area contributed by atoms with Crippen molar-refractivity contribution in [3.63, 3.8) is 0 Å². The standard InChI is InChI=1S/C13H15NO/c1-10(2)12-5-4-6-13(7-12)11(3)8-14-9-15/h4-7,11H,1,8H2,2-3H3. The van der Waals surface area contributed by atoms with Gasteiger partial charge < -0.3 is 0 Å². The van der Waals surface area contributed by atoms with E-state index in [9.17, 15) is 4.79 Å². The summed E-state index contributed by atoms with van der Waals surface area (Å²) in [7, 11) is 0. The zero-order valence-electron chi connectivity index (χ0n) is 9.16. The van der Waals surface area contributed by atoms with E-state index in [2.05, 4.69) is 17.6 Å². The average molecular weight is 201 g/mol. The van der Waals surface area contributed by atoms with E-state index in [0.717, 1.165) is 11.1 Å². The first-order valence-corrected chi connectivity index (χ1v) is 4.94. The summed E-state index contributed by atoms with van der Waals surface area (Å²) < 4.78 is 0. The molecule has 1 unspecified atom stereocenters. The number of hydrogen-bond donors (Lipinski definition) is 0. The number of nitrogens with zero attached hydrogens (tertiary/aromatic N) is 1. The molecule has 0 aliphatic rings. The molecule has 1 atom stereocenters. The summed E-state index contributed by atoms with van der Waals surface area (Å²) in [6, 6.07) is 8.16. The van der Waals surface area contributed by atoms with Crippen molar-refractivity contribution in [1.29, 1.82) is 0 Å². The molecule has 15 heavy (non-hydrogen) atoms. The maximum atomic E-state index is 10.0. The normalized spacial score (nSPS) is 11.6. The van der Waals surface area contributed by atoms with E-state index in [-0.39, 0.29) is 5.92 Å². The fourth-order valence-corrected chi connectivity index (χ4v) is 1.39. The summed E-state index contributed by atoms with van der Waals surface area (Å²) in [6.45, 7) is 8.41. The number of allylic oxidation sites excluding steroid dienone is 1. The summed E-state index contributed by atoms with van der Waals surface area (Å²) in [6.07, 6.45) is 1.56. The Bertz CT molecular complexity index is 403. The monoisotopic (exact) mass is 201 g/mol. The first-order valence-electron chi connectivity index (χ1n) is 4.94. The second kappa shape index (κ2) is 5.28. The Hall–Kier alpha value is -1.66. The summed E-state index contributed by atoms with van der Waals surface area (Å²) >= 11 is 0. The minimum absolute atomic E-state index is 0.241. The molecule has 0 aromatic heterocycles. The second-order valence-corrected chi connectivity index (χ2v) is 3.74. The fourth-order valence-electron chi connectivity index (χ4n) is 1.39. The third kappa shape index (κ3) is 3.19. The van der Waals surface area contributed by atoms with Gasteiger partial charge in [-0.3, -0.25) is 0 Å². The van der Waals surface area contributed by atoms with Gasteiger partial charge in [0.25, 0.3) is 0 Å². The maximum Gasteiger partial charge on any atom is 0.234 e. The van der Waals surface area contributed by atoms with Crippen LogP contribution < -0.4 is 0 Å². The number of isocyanates is 1. The SMILES string of the molecule is C=C(C)c1cccc(C(C)CN=C=O)c1. The molecule has 0 aliphatic heterocycles. The Balaban J connectivity index is 2.89. The van der Waals surface area contributed by atoms with Crippen LogP contribution in [0.1, 0.15) is 30.9 Å². The smallest absolute Gasteiger partial charge is 0.211 e. The lowest BCUT2D eigenvalue weighted by Gasteiger charge is -2.09. The molecule has 2 heteroatoms. The highest BCUT2D eigenvalue weighted by molar-refractivity contribution is 5.61. The van der Waals surface area contributed by atoms with Crippen LogP contribution in [0.4, 0.5) is 0 Å². The van der Waals surface area contributed by atoms with Gasteiger partial charge in [-0.05, 0) is 18.1 Å². The first-order chi connectivity index (χ1) is 7.15. The molecule has 1 rings (SSSR count). The molecular weight excluding hydrogens is 186 g/mol. The van der Waals surface area contributed by atoms with E-state index in [4.69, 9.17) is 0 Å². The van der Waals surface area contributed by atoms with Crippen LogP contribution in [0.25, 0.3) is 5.57 Å². The van der Waals surface area contributed by atoms with Crippen molar-refractivity contribution in [2.75, 3.05) is 6.54 Å². The molecule has 0 heterocycles. The molecule has 1 aromatic rings. The Morgan fingerprint density at radius 3 is 2.93 bits per heavy atom. The summed E-state index contributed by atoms with van der Waals surface area (Å²) in [5, 5.41) is 0. The number of benzene rings is 1. The molecule has 0 saturated heterocycles. The van der Waals surface area contributed by atoms with Crippen LogP contribution in [-0.2, 0) is 4.79 Å². The summed E-state index contributed by atoms with van der Waals surface area (Å²) in [4.78, 5) is 13.6. The van der Waals surface area contributed by atoms with Crippen molar-refractivity contribution >= 4 is 11.7 Å². The van der Waals surface area contributed by atoms with Crippen molar-refractivity contribution in [3.05, 3.63) is 42.0 Å². The van der Waals surface area contributed by atoms with Crippen molar-refractivity contribution < 1.29 is 4.79 Å². The largest absolute Gasteiger partial charge is 0.234 e. The molecule has 0 radical (unpaired) electrons. The van der Waals surface area contributed by atoms with E-state index in [1.165, 1.54) is 5.56 Å². The molecule has 0 aliphatic carbocycles. The van der Waals surface area contributed by atoms with E-state index in [1.54, 1.807) is 6.08 Å². The van der Waals surface area contributed by atoms with Gasteiger partial charge in [-0.25, -0.2) is 9.79 Å². The van der Waals surface area contributed by atoms with Crippen molar-refractivity contribution in [3.8, 4) is 0 Å². The quantitative estimate of drug-likeness (QED) is 0.543. The minimum Gasteiger partial charge on any atom is -0.211 e. The lowest BCUT2D eigenvalue weighted by atomic mass is 9.97. The van der Waals surface area contributed by atoms with Gasteiger partial charge >= 0.3 is 0 Å². The number of hydrogen-bond acceptors (Lipinski definition) is 2. The fraction of sp³-hybridized carbons (Fsp3) is 0.308. The summed E-state index contributed by atoms with van der Waals surface area (Å²) in [5.41, 5.74) is 3.35. The Labute approximate surface area is 90.4 Å². The van der Waals surface area contributed by atoms with Crippen LogP contribution in [-0.4, -0.2) is 12.6 Å². The van der Waals surface area contributed by atoms with E-state index >= 15 is 0 Å². The molecule has 78 valence electrons. The molecule has 0 saturated carbocycles. The average Bonchev–Trinajstić information content (AvgIpc) is 2.26. The van der Waals surface area contributed by atoms with E-state index < -0.39 is 0 Å². The van der Waals surface area contributed by atoms with Crippen LogP contribution in [0.5, 0.6) is 0 Å². The van der Waals surface area contributed by atoms with E-state index in [0.29, 0.717) is 6.54 Å². The molecular formula is C13H15NO. The van der Waals surface area contributed by atoms with Gasteiger partial charge in [0, 0.05) is 5.92 Å². The Morgan fingerprint density at radius 2 is 2.33 bits per heavy atom. The molecule has 0 bridgehead atoms. The van der Waals surface area contributed by atoms with Gasteiger partial charge in [-0.2, -0.15) is 0 Å². The molecule has 0 spiro atoms. The summed E-state index contributed by atoms with van der Waals surface area (Å²) in [5.74, 6) is 0.241. The predicted octanol–water partition coefficient (Wildman–Crippen LogP) is 3.16. The highest BCUT2D eigenvalue weighted by Crippen LogP contribution is 2.20. The Morgan fingerprint density at radius 1 is 1.60 bits per heavy atom. The molecule has 2 nitrogen and oxygen atoms in total. The highest BCUT2D eigenvalue weighted by Gasteiger charge is 2.05.